The molecule has 0 saturated heterocycles. The summed E-state index contributed by atoms with van der Waals surface area (Å²) in [5, 5.41) is 10.9. The standard InChI is InChI=1S/C13H9F3N2OS/c14-13(15,16)8-19-6-12-18-11(7-20-12)10-3-1-9(5-17)2-4-10/h1-4,7H,6,8H2. The monoisotopic (exact) mass is 298 g/mol. The number of alkyl halides is 3. The maximum absolute atomic E-state index is 11.9. The van der Waals surface area contributed by atoms with Crippen LogP contribution >= 0.6 is 11.3 Å². The summed E-state index contributed by atoms with van der Waals surface area (Å²) in [4.78, 5) is 4.20. The molecule has 0 unspecified atom stereocenters. The van der Waals surface area contributed by atoms with E-state index in [-0.39, 0.29) is 6.61 Å². The van der Waals surface area contributed by atoms with Gasteiger partial charge in [-0.15, -0.1) is 11.3 Å². The lowest BCUT2D eigenvalue weighted by molar-refractivity contribution is -0.176. The van der Waals surface area contributed by atoms with E-state index in [1.807, 2.05) is 6.07 Å². The SMILES string of the molecule is N#Cc1ccc(-c2csc(COCC(F)(F)F)n2)cc1. The van der Waals surface area contributed by atoms with Gasteiger partial charge in [0.1, 0.15) is 11.6 Å². The van der Waals surface area contributed by atoms with Crippen molar-refractivity contribution in [2.24, 2.45) is 0 Å². The van der Waals surface area contributed by atoms with Crippen molar-refractivity contribution in [2.45, 2.75) is 12.8 Å². The van der Waals surface area contributed by atoms with Gasteiger partial charge >= 0.3 is 6.18 Å². The predicted molar refractivity (Wildman–Crippen MR) is 68.0 cm³/mol. The highest BCUT2D eigenvalue weighted by molar-refractivity contribution is 7.09. The molecule has 0 aliphatic carbocycles. The molecule has 2 rings (SSSR count). The molecule has 1 aromatic carbocycles. The highest BCUT2D eigenvalue weighted by Crippen LogP contribution is 2.23. The van der Waals surface area contributed by atoms with Crippen molar-refractivity contribution < 1.29 is 17.9 Å². The van der Waals surface area contributed by atoms with Gasteiger partial charge in [0.2, 0.25) is 0 Å². The van der Waals surface area contributed by atoms with Crippen LogP contribution in [0.5, 0.6) is 0 Å². The molecule has 0 spiro atoms. The first-order valence-corrected chi connectivity index (χ1v) is 6.45. The Morgan fingerprint density at radius 1 is 1.25 bits per heavy atom. The Morgan fingerprint density at radius 3 is 2.55 bits per heavy atom. The Hall–Kier alpha value is -1.91. The lowest BCUT2D eigenvalue weighted by Gasteiger charge is -2.05. The molecule has 2 aromatic rings. The summed E-state index contributed by atoms with van der Waals surface area (Å²) in [5.41, 5.74) is 2.00. The summed E-state index contributed by atoms with van der Waals surface area (Å²) >= 11 is 1.24. The molecule has 0 radical (unpaired) electrons. The predicted octanol–water partition coefficient (Wildman–Crippen LogP) is 3.76. The van der Waals surface area contributed by atoms with E-state index in [1.165, 1.54) is 11.3 Å². The molecule has 1 aromatic heterocycles. The van der Waals surface area contributed by atoms with Crippen molar-refractivity contribution in [1.29, 1.82) is 5.26 Å². The number of hydrogen-bond acceptors (Lipinski definition) is 4. The van der Waals surface area contributed by atoms with Crippen molar-refractivity contribution in [1.82, 2.24) is 4.98 Å². The second-order valence-corrected chi connectivity index (χ2v) is 4.87. The van der Waals surface area contributed by atoms with Gasteiger partial charge in [-0.25, -0.2) is 4.98 Å². The summed E-state index contributed by atoms with van der Waals surface area (Å²) < 4.78 is 40.3. The van der Waals surface area contributed by atoms with E-state index in [0.29, 0.717) is 16.3 Å². The normalized spacial score (nSPS) is 11.3. The maximum Gasteiger partial charge on any atom is 0.411 e. The number of aromatic nitrogens is 1. The first-order valence-electron chi connectivity index (χ1n) is 5.57. The zero-order chi connectivity index (χ0) is 14.6. The number of ether oxygens (including phenoxy) is 1. The van der Waals surface area contributed by atoms with Crippen molar-refractivity contribution in [3.63, 3.8) is 0 Å². The van der Waals surface area contributed by atoms with Gasteiger partial charge in [0, 0.05) is 10.9 Å². The van der Waals surface area contributed by atoms with E-state index in [0.717, 1.165) is 5.56 Å². The van der Waals surface area contributed by atoms with Crippen molar-refractivity contribution in [3.05, 3.63) is 40.2 Å². The van der Waals surface area contributed by atoms with E-state index >= 15 is 0 Å². The van der Waals surface area contributed by atoms with Crippen LogP contribution in [-0.2, 0) is 11.3 Å². The number of halogens is 3. The number of nitrogens with zero attached hydrogens (tertiary/aromatic N) is 2. The van der Waals surface area contributed by atoms with Crippen LogP contribution in [-0.4, -0.2) is 17.8 Å². The van der Waals surface area contributed by atoms with Crippen LogP contribution in [0.4, 0.5) is 13.2 Å². The van der Waals surface area contributed by atoms with Gasteiger partial charge in [-0.3, -0.25) is 0 Å². The topological polar surface area (TPSA) is 45.9 Å². The number of thiazole rings is 1. The molecule has 1 heterocycles. The van der Waals surface area contributed by atoms with Gasteiger partial charge in [-0.2, -0.15) is 18.4 Å². The van der Waals surface area contributed by atoms with Crippen LogP contribution in [0, 0.1) is 11.3 Å². The van der Waals surface area contributed by atoms with Crippen LogP contribution < -0.4 is 0 Å². The van der Waals surface area contributed by atoms with Crippen LogP contribution in [0.1, 0.15) is 10.6 Å². The molecule has 0 amide bonds. The highest BCUT2D eigenvalue weighted by atomic mass is 32.1. The molecule has 0 aliphatic heterocycles. The van der Waals surface area contributed by atoms with Gasteiger partial charge in [0.15, 0.2) is 0 Å². The van der Waals surface area contributed by atoms with Gasteiger partial charge in [0.25, 0.3) is 0 Å². The molecule has 0 bridgehead atoms. The Kier molecular flexibility index (Phi) is 4.37. The Labute approximate surface area is 117 Å². The molecule has 3 nitrogen and oxygen atoms in total. The largest absolute Gasteiger partial charge is 0.411 e. The minimum atomic E-state index is -4.33. The fraction of sp³-hybridized carbons (Fsp3) is 0.231. The minimum Gasteiger partial charge on any atom is -0.365 e. The van der Waals surface area contributed by atoms with E-state index in [4.69, 9.17) is 5.26 Å². The van der Waals surface area contributed by atoms with E-state index in [9.17, 15) is 13.2 Å². The van der Waals surface area contributed by atoms with Crippen LogP contribution in [0.25, 0.3) is 11.3 Å². The first kappa shape index (κ1) is 14.5. The number of rotatable bonds is 4. The molecule has 0 atom stereocenters. The Bertz CT molecular complexity index is 614. The Balaban J connectivity index is 1.99. The third kappa shape index (κ3) is 4.05. The lowest BCUT2D eigenvalue weighted by atomic mass is 10.1. The molecule has 0 aliphatic rings. The number of nitriles is 1. The molecule has 20 heavy (non-hydrogen) atoms. The maximum atomic E-state index is 11.9. The summed E-state index contributed by atoms with van der Waals surface area (Å²) in [6, 6.07) is 8.82. The fourth-order valence-corrected chi connectivity index (χ4v) is 2.22. The minimum absolute atomic E-state index is 0.166. The first-order chi connectivity index (χ1) is 9.48. The van der Waals surface area contributed by atoms with Crippen molar-refractivity contribution in [2.75, 3.05) is 6.61 Å². The summed E-state index contributed by atoms with van der Waals surface area (Å²) in [6.07, 6.45) is -4.33. The third-order valence-corrected chi connectivity index (χ3v) is 3.18. The van der Waals surface area contributed by atoms with Crippen molar-refractivity contribution in [3.8, 4) is 17.3 Å². The quantitative estimate of drug-likeness (QED) is 0.863. The summed E-state index contributed by atoms with van der Waals surface area (Å²) in [5.74, 6) is 0. The summed E-state index contributed by atoms with van der Waals surface area (Å²) in [7, 11) is 0. The molecule has 0 N–H and O–H groups in total. The number of hydrogen-bond donors (Lipinski definition) is 0. The molecular weight excluding hydrogens is 289 g/mol. The summed E-state index contributed by atoms with van der Waals surface area (Å²) in [6.45, 7) is -1.45. The Morgan fingerprint density at radius 2 is 1.95 bits per heavy atom. The molecule has 0 fully saturated rings. The molecule has 0 saturated carbocycles. The highest BCUT2D eigenvalue weighted by Gasteiger charge is 2.27. The zero-order valence-corrected chi connectivity index (χ0v) is 11.0. The molecule has 104 valence electrons. The van der Waals surface area contributed by atoms with Crippen molar-refractivity contribution >= 4 is 11.3 Å². The second kappa shape index (κ2) is 6.03. The van der Waals surface area contributed by atoms with Gasteiger partial charge in [-0.05, 0) is 12.1 Å². The third-order valence-electron chi connectivity index (χ3n) is 2.35. The zero-order valence-electron chi connectivity index (χ0n) is 10.1. The molecular formula is C13H9F3N2OS. The van der Waals surface area contributed by atoms with Crippen LogP contribution in [0.3, 0.4) is 0 Å². The average Bonchev–Trinajstić information content (AvgIpc) is 2.86. The van der Waals surface area contributed by atoms with E-state index in [1.54, 1.807) is 29.6 Å². The van der Waals surface area contributed by atoms with Gasteiger partial charge in [-0.1, -0.05) is 12.1 Å². The number of benzene rings is 1. The smallest absolute Gasteiger partial charge is 0.365 e. The fourth-order valence-electron chi connectivity index (χ4n) is 1.48. The average molecular weight is 298 g/mol. The lowest BCUT2D eigenvalue weighted by Crippen LogP contribution is -2.16. The van der Waals surface area contributed by atoms with Crippen LogP contribution in [0.15, 0.2) is 29.6 Å². The van der Waals surface area contributed by atoms with Gasteiger partial charge < -0.3 is 4.74 Å². The van der Waals surface area contributed by atoms with Gasteiger partial charge in [0.05, 0.1) is 23.9 Å². The van der Waals surface area contributed by atoms with E-state index in [2.05, 4.69) is 9.72 Å². The second-order valence-electron chi connectivity index (χ2n) is 3.92. The van der Waals surface area contributed by atoms with E-state index < -0.39 is 12.8 Å². The van der Waals surface area contributed by atoms with Crippen LogP contribution in [0.2, 0.25) is 0 Å². The molecule has 7 heteroatoms.